The number of carbonyl (C=O) groups excluding carboxylic acids is 2. The monoisotopic (exact) mass is 489 g/mol. The molecule has 2 amide bonds. The molecular formula is C24H28ClN3O4S. The first-order chi connectivity index (χ1) is 15.7. The largest absolute Gasteiger partial charge is 0.490 e. The Hall–Kier alpha value is -2.71. The molecule has 33 heavy (non-hydrogen) atoms. The topological polar surface area (TPSA) is 80.2 Å². The van der Waals surface area contributed by atoms with Crippen molar-refractivity contribution in [1.29, 1.82) is 0 Å². The minimum absolute atomic E-state index is 0.238. The highest BCUT2D eigenvalue weighted by Crippen LogP contribution is 2.41. The summed E-state index contributed by atoms with van der Waals surface area (Å²) in [6.07, 6.45) is 0. The van der Waals surface area contributed by atoms with Gasteiger partial charge in [-0.05, 0) is 47.7 Å². The van der Waals surface area contributed by atoms with E-state index in [1.807, 2.05) is 19.1 Å². The van der Waals surface area contributed by atoms with E-state index in [2.05, 4.69) is 36.4 Å². The molecule has 0 saturated carbocycles. The third kappa shape index (κ3) is 6.42. The summed E-state index contributed by atoms with van der Waals surface area (Å²) >= 11 is 7.72. The van der Waals surface area contributed by atoms with Crippen LogP contribution in [0.1, 0.15) is 55.7 Å². The zero-order valence-corrected chi connectivity index (χ0v) is 20.9. The Morgan fingerprint density at radius 3 is 2.42 bits per heavy atom. The van der Waals surface area contributed by atoms with Crippen LogP contribution in [-0.2, 0) is 9.59 Å². The molecule has 0 aliphatic carbocycles. The molecule has 1 aliphatic heterocycles. The summed E-state index contributed by atoms with van der Waals surface area (Å²) in [6, 6.07) is 11.6. The van der Waals surface area contributed by atoms with E-state index in [4.69, 9.17) is 21.1 Å². The van der Waals surface area contributed by atoms with Crippen LogP contribution in [0.2, 0.25) is 5.02 Å². The molecule has 1 atom stereocenters. The van der Waals surface area contributed by atoms with E-state index in [-0.39, 0.29) is 11.8 Å². The molecule has 0 fully saturated rings. The van der Waals surface area contributed by atoms with Gasteiger partial charge in [0.2, 0.25) is 11.8 Å². The number of hydrogen-bond acceptors (Lipinski definition) is 6. The predicted molar refractivity (Wildman–Crippen MR) is 132 cm³/mol. The summed E-state index contributed by atoms with van der Waals surface area (Å²) in [6.45, 7) is 9.83. The number of carbonyl (C=O) groups is 2. The first kappa shape index (κ1) is 24.9. The third-order valence-corrected chi connectivity index (χ3v) is 6.28. The number of nitrogens with one attached hydrogen (secondary N) is 1. The molecule has 3 rings (SSSR count). The fourth-order valence-corrected chi connectivity index (χ4v) is 4.68. The lowest BCUT2D eigenvalue weighted by Gasteiger charge is -2.20. The fraction of sp³-hybridized carbons (Fsp3) is 0.375. The van der Waals surface area contributed by atoms with E-state index in [0.29, 0.717) is 35.1 Å². The van der Waals surface area contributed by atoms with Crippen molar-refractivity contribution in [2.24, 2.45) is 5.10 Å². The van der Waals surface area contributed by atoms with E-state index in [9.17, 15) is 9.59 Å². The van der Waals surface area contributed by atoms with Crippen molar-refractivity contribution in [3.8, 4) is 11.5 Å². The molecule has 0 bridgehead atoms. The maximum absolute atomic E-state index is 12.0. The second kappa shape index (κ2) is 10.9. The van der Waals surface area contributed by atoms with Crippen molar-refractivity contribution < 1.29 is 19.1 Å². The molecule has 1 N–H and O–H groups in total. The second-order valence-corrected chi connectivity index (χ2v) is 9.48. The molecule has 1 aliphatic rings. The highest BCUT2D eigenvalue weighted by Gasteiger charge is 2.32. The average molecular weight is 490 g/mol. The van der Waals surface area contributed by atoms with E-state index in [1.54, 1.807) is 12.1 Å². The van der Waals surface area contributed by atoms with Crippen molar-refractivity contribution in [2.45, 2.75) is 45.9 Å². The Bertz CT molecular complexity index is 1070. The molecule has 2 aromatic carbocycles. The molecular weight excluding hydrogens is 462 g/mol. The maximum Gasteiger partial charge on any atom is 0.241 e. The summed E-state index contributed by atoms with van der Waals surface area (Å²) in [4.78, 5) is 23.4. The van der Waals surface area contributed by atoms with Gasteiger partial charge < -0.3 is 14.8 Å². The van der Waals surface area contributed by atoms with Gasteiger partial charge >= 0.3 is 0 Å². The van der Waals surface area contributed by atoms with Crippen molar-refractivity contribution >= 4 is 40.3 Å². The van der Waals surface area contributed by atoms with Crippen LogP contribution in [0.4, 0.5) is 0 Å². The molecule has 9 heteroatoms. The van der Waals surface area contributed by atoms with Gasteiger partial charge in [0.25, 0.3) is 0 Å². The molecule has 0 spiro atoms. The van der Waals surface area contributed by atoms with Gasteiger partial charge in [-0.15, -0.1) is 5.10 Å². The number of amidine groups is 1. The molecule has 0 saturated heterocycles. The number of ether oxygens (including phenoxy) is 2. The van der Waals surface area contributed by atoms with Gasteiger partial charge in [0.05, 0.1) is 5.02 Å². The molecule has 0 aromatic heterocycles. The van der Waals surface area contributed by atoms with Gasteiger partial charge in [-0.1, -0.05) is 55.4 Å². The van der Waals surface area contributed by atoms with Crippen LogP contribution in [0.3, 0.4) is 0 Å². The molecule has 7 nitrogen and oxygen atoms in total. The first-order valence-electron chi connectivity index (χ1n) is 10.6. The molecule has 0 radical (unpaired) electrons. The average Bonchev–Trinajstić information content (AvgIpc) is 3.15. The van der Waals surface area contributed by atoms with Gasteiger partial charge in [0, 0.05) is 13.8 Å². The smallest absolute Gasteiger partial charge is 0.241 e. The van der Waals surface area contributed by atoms with Crippen LogP contribution in [-0.4, -0.2) is 35.2 Å². The fourth-order valence-electron chi connectivity index (χ4n) is 3.31. The van der Waals surface area contributed by atoms with Crippen molar-refractivity contribution in [1.82, 2.24) is 10.3 Å². The minimum Gasteiger partial charge on any atom is -0.490 e. The third-order valence-electron chi connectivity index (χ3n) is 4.88. The standard InChI is InChI=1S/C24H28ClN3O4S/c1-14(2)19-8-6-15(3)12-22(19)32-11-10-31-21-9-7-18(13-20(21)25)23-28(17(5)30)27-24(33-23)26-16(4)29/h6-9,12-14,23H,10-11H2,1-5H3,(H,26,27,29)/t23-/m1/s1. The number of hydrogen-bond donors (Lipinski definition) is 1. The molecule has 0 unspecified atom stereocenters. The molecule has 2 aromatic rings. The van der Waals surface area contributed by atoms with Gasteiger partial charge in [-0.25, -0.2) is 5.01 Å². The number of benzene rings is 2. The zero-order valence-electron chi connectivity index (χ0n) is 19.3. The number of nitrogens with zero attached hydrogens (tertiary/aromatic N) is 2. The SMILES string of the molecule is CC(=O)NC1=NN(C(C)=O)[C@@H](c2ccc(OCCOc3cc(C)ccc3C(C)C)c(Cl)c2)S1. The Kier molecular flexibility index (Phi) is 8.26. The van der Waals surface area contributed by atoms with Gasteiger partial charge in [-0.2, -0.15) is 0 Å². The van der Waals surface area contributed by atoms with Crippen LogP contribution in [0, 0.1) is 6.92 Å². The molecule has 176 valence electrons. The summed E-state index contributed by atoms with van der Waals surface area (Å²) < 4.78 is 11.8. The summed E-state index contributed by atoms with van der Waals surface area (Å²) in [5, 5.41) is 8.51. The van der Waals surface area contributed by atoms with Crippen LogP contribution in [0.25, 0.3) is 0 Å². The Morgan fingerprint density at radius 1 is 1.12 bits per heavy atom. The number of thioether (sulfide) groups is 1. The maximum atomic E-state index is 12.0. The molecule has 1 heterocycles. The summed E-state index contributed by atoms with van der Waals surface area (Å²) in [5.74, 6) is 1.27. The van der Waals surface area contributed by atoms with Crippen molar-refractivity contribution in [2.75, 3.05) is 13.2 Å². The second-order valence-electron chi connectivity index (χ2n) is 8.00. The lowest BCUT2D eigenvalue weighted by molar-refractivity contribution is -0.129. The van der Waals surface area contributed by atoms with Crippen molar-refractivity contribution in [3.63, 3.8) is 0 Å². The van der Waals surface area contributed by atoms with Gasteiger partial charge in [-0.3, -0.25) is 9.59 Å². The highest BCUT2D eigenvalue weighted by molar-refractivity contribution is 8.14. The summed E-state index contributed by atoms with van der Waals surface area (Å²) in [7, 11) is 0. The van der Waals surface area contributed by atoms with E-state index in [0.717, 1.165) is 22.4 Å². The lowest BCUT2D eigenvalue weighted by Crippen LogP contribution is -2.25. The predicted octanol–water partition coefficient (Wildman–Crippen LogP) is 5.23. The van der Waals surface area contributed by atoms with E-state index < -0.39 is 5.37 Å². The lowest BCUT2D eigenvalue weighted by atomic mass is 10.0. The summed E-state index contributed by atoms with van der Waals surface area (Å²) in [5.41, 5.74) is 3.08. The number of halogens is 1. The number of amides is 2. The number of aryl methyl sites for hydroxylation is 1. The Balaban J connectivity index is 1.62. The van der Waals surface area contributed by atoms with Gasteiger partial charge in [0.15, 0.2) is 5.17 Å². The van der Waals surface area contributed by atoms with Crippen LogP contribution < -0.4 is 14.8 Å². The number of hydrazone groups is 1. The van der Waals surface area contributed by atoms with E-state index >= 15 is 0 Å². The van der Waals surface area contributed by atoms with Crippen LogP contribution in [0.15, 0.2) is 41.5 Å². The zero-order chi connectivity index (χ0) is 24.1. The Morgan fingerprint density at radius 2 is 1.82 bits per heavy atom. The Labute approximate surface area is 203 Å². The van der Waals surface area contributed by atoms with Gasteiger partial charge in [0.1, 0.15) is 30.1 Å². The minimum atomic E-state index is -0.421. The normalized spacial score (nSPS) is 15.4. The van der Waals surface area contributed by atoms with Crippen molar-refractivity contribution in [3.05, 3.63) is 58.1 Å². The van der Waals surface area contributed by atoms with E-state index in [1.165, 1.54) is 30.6 Å². The number of rotatable bonds is 7. The van der Waals surface area contributed by atoms with Crippen LogP contribution >= 0.6 is 23.4 Å². The quantitative estimate of drug-likeness (QED) is 0.538. The highest BCUT2D eigenvalue weighted by atomic mass is 35.5. The first-order valence-corrected chi connectivity index (χ1v) is 11.9. The van der Waals surface area contributed by atoms with Crippen LogP contribution in [0.5, 0.6) is 11.5 Å².